The largest absolute Gasteiger partial charge is 0.389 e. The molecule has 2 aromatic carbocycles. The molecule has 0 bridgehead atoms. The van der Waals surface area contributed by atoms with Crippen LogP contribution in [0.3, 0.4) is 0 Å². The zero-order valence-electron chi connectivity index (χ0n) is 15.7. The van der Waals surface area contributed by atoms with Crippen molar-refractivity contribution in [2.24, 2.45) is 11.8 Å². The third kappa shape index (κ3) is 3.51. The smallest absolute Gasteiger partial charge is 0.0734 e. The summed E-state index contributed by atoms with van der Waals surface area (Å²) in [5.74, 6) is 0.327. The van der Waals surface area contributed by atoms with E-state index in [4.69, 9.17) is 0 Å². The SMILES string of the molecule is CCCCC1(O)[C@H](C)[C@H](c2ccccc2)N[C@@H](c2ccccc2)[C@H]1C. The molecule has 1 heterocycles. The predicted octanol–water partition coefficient (Wildman–Crippen LogP) is 5.27. The van der Waals surface area contributed by atoms with Gasteiger partial charge in [0.1, 0.15) is 0 Å². The maximum atomic E-state index is 11.8. The van der Waals surface area contributed by atoms with Gasteiger partial charge in [-0.25, -0.2) is 0 Å². The van der Waals surface area contributed by atoms with Crippen molar-refractivity contribution in [3.63, 3.8) is 0 Å². The highest BCUT2D eigenvalue weighted by molar-refractivity contribution is 5.27. The van der Waals surface area contributed by atoms with Crippen molar-refractivity contribution in [1.29, 1.82) is 0 Å². The Bertz CT molecular complexity index is 603. The minimum absolute atomic E-state index is 0.157. The molecule has 0 unspecified atom stereocenters. The summed E-state index contributed by atoms with van der Waals surface area (Å²) in [6.45, 7) is 6.61. The Morgan fingerprint density at radius 3 is 1.68 bits per heavy atom. The first-order chi connectivity index (χ1) is 12.1. The van der Waals surface area contributed by atoms with Gasteiger partial charge < -0.3 is 10.4 Å². The lowest BCUT2D eigenvalue weighted by molar-refractivity contribution is -0.117. The second-order valence-electron chi connectivity index (χ2n) is 7.62. The summed E-state index contributed by atoms with van der Waals surface area (Å²) in [6.07, 6.45) is 3.04. The third-order valence-electron chi connectivity index (χ3n) is 6.18. The highest BCUT2D eigenvalue weighted by Crippen LogP contribution is 2.48. The predicted molar refractivity (Wildman–Crippen MR) is 104 cm³/mol. The van der Waals surface area contributed by atoms with Gasteiger partial charge in [-0.15, -0.1) is 0 Å². The van der Waals surface area contributed by atoms with Crippen LogP contribution in [0.2, 0.25) is 0 Å². The Morgan fingerprint density at radius 1 is 0.840 bits per heavy atom. The molecule has 0 aliphatic carbocycles. The minimum atomic E-state index is -0.664. The molecule has 1 aliphatic heterocycles. The maximum Gasteiger partial charge on any atom is 0.0734 e. The number of nitrogens with one attached hydrogen (secondary N) is 1. The summed E-state index contributed by atoms with van der Waals surface area (Å²) >= 11 is 0. The first-order valence-corrected chi connectivity index (χ1v) is 9.66. The molecule has 3 rings (SSSR count). The average molecular weight is 338 g/mol. The van der Waals surface area contributed by atoms with Crippen molar-refractivity contribution in [3.05, 3.63) is 71.8 Å². The van der Waals surface area contributed by atoms with E-state index in [1.807, 2.05) is 0 Å². The van der Waals surface area contributed by atoms with Crippen LogP contribution in [-0.2, 0) is 0 Å². The molecule has 134 valence electrons. The highest BCUT2D eigenvalue weighted by Gasteiger charge is 2.50. The van der Waals surface area contributed by atoms with E-state index >= 15 is 0 Å². The average Bonchev–Trinajstić information content (AvgIpc) is 2.66. The fraction of sp³-hybridized carbons (Fsp3) is 0.478. The van der Waals surface area contributed by atoms with Crippen molar-refractivity contribution in [3.8, 4) is 0 Å². The summed E-state index contributed by atoms with van der Waals surface area (Å²) in [5, 5.41) is 15.6. The van der Waals surface area contributed by atoms with Gasteiger partial charge in [0, 0.05) is 23.9 Å². The minimum Gasteiger partial charge on any atom is -0.389 e. The van der Waals surface area contributed by atoms with Crippen molar-refractivity contribution in [2.75, 3.05) is 0 Å². The van der Waals surface area contributed by atoms with Crippen LogP contribution >= 0.6 is 0 Å². The molecule has 2 nitrogen and oxygen atoms in total. The number of piperidine rings is 1. The number of aliphatic hydroxyl groups is 1. The van der Waals surface area contributed by atoms with Crippen LogP contribution in [0, 0.1) is 11.8 Å². The summed E-state index contributed by atoms with van der Waals surface area (Å²) in [6, 6.07) is 21.5. The van der Waals surface area contributed by atoms with Crippen LogP contribution < -0.4 is 5.32 Å². The van der Waals surface area contributed by atoms with E-state index in [0.29, 0.717) is 0 Å². The topological polar surface area (TPSA) is 32.3 Å². The molecule has 25 heavy (non-hydrogen) atoms. The summed E-state index contributed by atoms with van der Waals surface area (Å²) in [5.41, 5.74) is 1.86. The van der Waals surface area contributed by atoms with Crippen LogP contribution in [0.5, 0.6) is 0 Å². The van der Waals surface area contributed by atoms with Crippen molar-refractivity contribution in [1.82, 2.24) is 5.32 Å². The van der Waals surface area contributed by atoms with Crippen molar-refractivity contribution in [2.45, 2.75) is 57.7 Å². The first kappa shape index (κ1) is 18.2. The number of hydrogen-bond donors (Lipinski definition) is 2. The van der Waals surface area contributed by atoms with Crippen LogP contribution in [0.1, 0.15) is 63.2 Å². The molecule has 2 N–H and O–H groups in total. The van der Waals surface area contributed by atoms with Gasteiger partial charge >= 0.3 is 0 Å². The van der Waals surface area contributed by atoms with Crippen molar-refractivity contribution < 1.29 is 5.11 Å². The molecule has 0 amide bonds. The quantitative estimate of drug-likeness (QED) is 0.779. The second-order valence-corrected chi connectivity index (χ2v) is 7.62. The van der Waals surface area contributed by atoms with Gasteiger partial charge in [-0.05, 0) is 17.5 Å². The maximum absolute atomic E-state index is 11.8. The molecular weight excluding hydrogens is 306 g/mol. The monoisotopic (exact) mass is 337 g/mol. The lowest BCUT2D eigenvalue weighted by Gasteiger charge is -2.52. The Hall–Kier alpha value is -1.64. The lowest BCUT2D eigenvalue weighted by Crippen LogP contribution is -2.57. The van der Waals surface area contributed by atoms with E-state index in [9.17, 15) is 5.11 Å². The van der Waals surface area contributed by atoms with Crippen LogP contribution in [0.25, 0.3) is 0 Å². The van der Waals surface area contributed by atoms with Gasteiger partial charge in [0.15, 0.2) is 0 Å². The summed E-state index contributed by atoms with van der Waals surface area (Å²) in [4.78, 5) is 0. The molecule has 4 atom stereocenters. The molecule has 0 radical (unpaired) electrons. The van der Waals surface area contributed by atoms with E-state index in [2.05, 4.69) is 86.8 Å². The standard InChI is InChI=1S/C23H31NO/c1-4-5-16-23(25)17(2)21(19-12-8-6-9-13-19)24-22(18(23)3)20-14-10-7-11-15-20/h6-15,17-18,21-22,24-25H,4-5,16H2,1-3H3/t17-,18-,21-,22-/m1/s1. The fourth-order valence-corrected chi connectivity index (χ4v) is 4.48. The molecule has 2 heteroatoms. The Labute approximate surface area is 152 Å². The number of hydrogen-bond acceptors (Lipinski definition) is 2. The van der Waals surface area contributed by atoms with E-state index in [1.54, 1.807) is 0 Å². The number of unbranched alkanes of at least 4 members (excludes halogenated alkanes) is 1. The third-order valence-corrected chi connectivity index (χ3v) is 6.18. The molecule has 1 saturated heterocycles. The molecule has 0 saturated carbocycles. The summed E-state index contributed by atoms with van der Waals surface area (Å²) < 4.78 is 0. The molecular formula is C23H31NO. The van der Waals surface area contributed by atoms with Gasteiger partial charge in [-0.2, -0.15) is 0 Å². The summed E-state index contributed by atoms with van der Waals surface area (Å²) in [7, 11) is 0. The molecule has 1 fully saturated rings. The molecule has 2 aromatic rings. The van der Waals surface area contributed by atoms with Crippen LogP contribution in [-0.4, -0.2) is 10.7 Å². The second kappa shape index (κ2) is 7.72. The van der Waals surface area contributed by atoms with E-state index in [-0.39, 0.29) is 23.9 Å². The number of benzene rings is 2. The first-order valence-electron chi connectivity index (χ1n) is 9.66. The van der Waals surface area contributed by atoms with Crippen LogP contribution in [0.15, 0.2) is 60.7 Å². The highest BCUT2D eigenvalue weighted by atomic mass is 16.3. The molecule has 1 aliphatic rings. The van der Waals surface area contributed by atoms with Gasteiger partial charge in [0.05, 0.1) is 5.60 Å². The lowest BCUT2D eigenvalue weighted by atomic mass is 9.64. The van der Waals surface area contributed by atoms with E-state index in [1.165, 1.54) is 11.1 Å². The van der Waals surface area contributed by atoms with Crippen LogP contribution in [0.4, 0.5) is 0 Å². The fourth-order valence-electron chi connectivity index (χ4n) is 4.48. The normalized spacial score (nSPS) is 32.5. The van der Waals surface area contributed by atoms with Gasteiger partial charge in [-0.1, -0.05) is 94.3 Å². The van der Waals surface area contributed by atoms with Gasteiger partial charge in [0.2, 0.25) is 0 Å². The Kier molecular flexibility index (Phi) is 5.61. The van der Waals surface area contributed by atoms with Gasteiger partial charge in [0.25, 0.3) is 0 Å². The molecule has 0 aromatic heterocycles. The molecule has 0 spiro atoms. The Morgan fingerprint density at radius 2 is 1.28 bits per heavy atom. The van der Waals surface area contributed by atoms with E-state index < -0.39 is 5.60 Å². The Balaban J connectivity index is 2.00. The zero-order valence-corrected chi connectivity index (χ0v) is 15.7. The zero-order chi connectivity index (χ0) is 17.9. The van der Waals surface area contributed by atoms with Gasteiger partial charge in [-0.3, -0.25) is 0 Å². The van der Waals surface area contributed by atoms with Crippen molar-refractivity contribution >= 4 is 0 Å². The van der Waals surface area contributed by atoms with E-state index in [0.717, 1.165) is 19.3 Å². The number of rotatable bonds is 5.